The lowest BCUT2D eigenvalue weighted by atomic mass is 11.0. The average molecular weight is 74.2 g/mol. The first-order valence-electron chi connectivity index (χ1n) is 1.51. The fourth-order valence-electron chi connectivity index (χ4n) is 0.0962. The van der Waals surface area contributed by atoms with Crippen LogP contribution in [0.4, 0.5) is 0 Å². The zero-order valence-corrected chi connectivity index (χ0v) is 4.69. The SMILES string of the molecule is [SiH3]C1CO1. The van der Waals surface area contributed by atoms with E-state index in [4.69, 9.17) is 4.74 Å². The van der Waals surface area contributed by atoms with Gasteiger partial charge in [-0.05, 0) is 0 Å². The molecule has 1 aliphatic heterocycles. The van der Waals surface area contributed by atoms with Crippen LogP contribution in [0.5, 0.6) is 0 Å². The third-order valence-electron chi connectivity index (χ3n) is 0.500. The first-order valence-corrected chi connectivity index (χ1v) is 2.66. The van der Waals surface area contributed by atoms with Crippen molar-refractivity contribution in [2.24, 2.45) is 0 Å². The Morgan fingerprint density at radius 2 is 2.25 bits per heavy atom. The van der Waals surface area contributed by atoms with E-state index in [1.54, 1.807) is 0 Å². The molecule has 0 spiro atoms. The Hall–Kier alpha value is 0.177. The second-order valence-corrected chi connectivity index (χ2v) is 2.43. The summed E-state index contributed by atoms with van der Waals surface area (Å²) in [4.78, 5) is 0. The predicted octanol–water partition coefficient (Wildman–Crippen LogP) is -1.29. The molecule has 0 aromatic heterocycles. The standard InChI is InChI=1S/C2H6OSi/c4-2-1-3-2/h2H,1H2,4H3. The van der Waals surface area contributed by atoms with Gasteiger partial charge in [0.15, 0.2) is 0 Å². The van der Waals surface area contributed by atoms with Crippen molar-refractivity contribution in [1.29, 1.82) is 0 Å². The topological polar surface area (TPSA) is 12.5 Å². The summed E-state index contributed by atoms with van der Waals surface area (Å²) in [7, 11) is 1.24. The highest BCUT2D eigenvalue weighted by atomic mass is 28.1. The summed E-state index contributed by atoms with van der Waals surface area (Å²) < 4.78 is 4.77. The Bertz CT molecular complexity index is 25.2. The molecule has 0 N–H and O–H groups in total. The van der Waals surface area contributed by atoms with E-state index in [2.05, 4.69) is 0 Å². The zero-order chi connectivity index (χ0) is 2.99. The number of ether oxygens (including phenoxy) is 1. The van der Waals surface area contributed by atoms with Gasteiger partial charge in [-0.2, -0.15) is 0 Å². The molecule has 0 aromatic carbocycles. The van der Waals surface area contributed by atoms with E-state index in [0.717, 1.165) is 12.3 Å². The van der Waals surface area contributed by atoms with Crippen LogP contribution in [0.3, 0.4) is 0 Å². The van der Waals surface area contributed by atoms with Crippen LogP contribution >= 0.6 is 0 Å². The minimum atomic E-state index is 0.722. The molecule has 1 unspecified atom stereocenters. The van der Waals surface area contributed by atoms with Gasteiger partial charge in [-0.1, -0.05) is 0 Å². The van der Waals surface area contributed by atoms with Gasteiger partial charge in [0, 0.05) is 10.2 Å². The van der Waals surface area contributed by atoms with E-state index in [1.807, 2.05) is 0 Å². The molecule has 1 saturated heterocycles. The number of hydrogen-bond acceptors (Lipinski definition) is 1. The van der Waals surface area contributed by atoms with Gasteiger partial charge < -0.3 is 4.74 Å². The maximum atomic E-state index is 4.77. The Kier molecular flexibility index (Phi) is 0.339. The van der Waals surface area contributed by atoms with Crippen molar-refractivity contribution < 1.29 is 4.74 Å². The van der Waals surface area contributed by atoms with Crippen molar-refractivity contribution in [3.8, 4) is 0 Å². The summed E-state index contributed by atoms with van der Waals surface area (Å²) in [6, 6.07) is 0. The van der Waals surface area contributed by atoms with Crippen molar-refractivity contribution in [3.63, 3.8) is 0 Å². The van der Waals surface area contributed by atoms with Gasteiger partial charge in [-0.15, -0.1) is 0 Å². The molecule has 4 heavy (non-hydrogen) atoms. The monoisotopic (exact) mass is 74.0 g/mol. The van der Waals surface area contributed by atoms with Crippen LogP contribution in [0.1, 0.15) is 0 Å². The molecule has 0 radical (unpaired) electrons. The van der Waals surface area contributed by atoms with E-state index < -0.39 is 0 Å². The molecular formula is C2H6OSi. The Balaban J connectivity index is 2.17. The zero-order valence-electron chi connectivity index (χ0n) is 2.69. The summed E-state index contributed by atoms with van der Waals surface area (Å²) in [5.74, 6) is 0. The van der Waals surface area contributed by atoms with Crippen molar-refractivity contribution in [1.82, 2.24) is 0 Å². The second kappa shape index (κ2) is 0.562. The Labute approximate surface area is 28.4 Å². The third kappa shape index (κ3) is 0.299. The molecule has 2 heteroatoms. The van der Waals surface area contributed by atoms with E-state index in [1.165, 1.54) is 10.2 Å². The van der Waals surface area contributed by atoms with Crippen LogP contribution in [0.25, 0.3) is 0 Å². The molecule has 0 aliphatic carbocycles. The van der Waals surface area contributed by atoms with Crippen LogP contribution in [-0.4, -0.2) is 22.6 Å². The first kappa shape index (κ1) is 2.42. The van der Waals surface area contributed by atoms with Crippen molar-refractivity contribution in [3.05, 3.63) is 0 Å². The van der Waals surface area contributed by atoms with Gasteiger partial charge in [0.05, 0.1) is 12.3 Å². The summed E-state index contributed by atoms with van der Waals surface area (Å²) in [6.45, 7) is 1.05. The minimum Gasteiger partial charge on any atom is -0.378 e. The molecule has 0 amide bonds. The molecule has 0 saturated carbocycles. The molecule has 1 aliphatic rings. The lowest BCUT2D eigenvalue weighted by molar-refractivity contribution is 0.457. The quantitative estimate of drug-likeness (QED) is 0.257. The predicted molar refractivity (Wildman–Crippen MR) is 19.7 cm³/mol. The van der Waals surface area contributed by atoms with Crippen LogP contribution in [0.15, 0.2) is 0 Å². The smallest absolute Gasteiger partial charge is 0.0689 e. The molecule has 0 aromatic rings. The molecule has 1 nitrogen and oxygen atoms in total. The lowest BCUT2D eigenvalue weighted by Crippen LogP contribution is -1.72. The molecule has 1 heterocycles. The van der Waals surface area contributed by atoms with E-state index in [-0.39, 0.29) is 0 Å². The van der Waals surface area contributed by atoms with Gasteiger partial charge in [-0.25, -0.2) is 0 Å². The summed E-state index contributed by atoms with van der Waals surface area (Å²) >= 11 is 0. The van der Waals surface area contributed by atoms with E-state index >= 15 is 0 Å². The van der Waals surface area contributed by atoms with Gasteiger partial charge in [0.25, 0.3) is 0 Å². The first-order chi connectivity index (χ1) is 1.89. The molecule has 24 valence electrons. The summed E-state index contributed by atoms with van der Waals surface area (Å²) in [5, 5.41) is 0. The highest BCUT2D eigenvalue weighted by Crippen LogP contribution is 1.99. The van der Waals surface area contributed by atoms with Gasteiger partial charge in [-0.3, -0.25) is 0 Å². The molecule has 1 atom stereocenters. The third-order valence-corrected chi connectivity index (χ3v) is 1.17. The van der Waals surface area contributed by atoms with Crippen molar-refractivity contribution >= 4 is 10.2 Å². The summed E-state index contributed by atoms with van der Waals surface area (Å²) in [5.41, 5.74) is 0.722. The molecular weight excluding hydrogens is 68.1 g/mol. The lowest BCUT2D eigenvalue weighted by Gasteiger charge is -1.50. The van der Waals surface area contributed by atoms with Gasteiger partial charge >= 0.3 is 0 Å². The highest BCUT2D eigenvalue weighted by Gasteiger charge is 2.12. The van der Waals surface area contributed by atoms with Gasteiger partial charge in [0.1, 0.15) is 0 Å². The second-order valence-electron chi connectivity index (χ2n) is 1.14. The van der Waals surface area contributed by atoms with Crippen LogP contribution in [-0.2, 0) is 4.74 Å². The Morgan fingerprint density at radius 3 is 2.25 bits per heavy atom. The summed E-state index contributed by atoms with van der Waals surface area (Å²) in [6.07, 6.45) is 0. The molecule has 1 rings (SSSR count). The van der Waals surface area contributed by atoms with Crippen LogP contribution in [0, 0.1) is 0 Å². The van der Waals surface area contributed by atoms with Gasteiger partial charge in [0.2, 0.25) is 0 Å². The largest absolute Gasteiger partial charge is 0.378 e. The molecule has 0 bridgehead atoms. The fraction of sp³-hybridized carbons (Fsp3) is 1.00. The van der Waals surface area contributed by atoms with Crippen molar-refractivity contribution in [2.75, 3.05) is 6.61 Å². The van der Waals surface area contributed by atoms with Crippen LogP contribution in [0.2, 0.25) is 0 Å². The maximum Gasteiger partial charge on any atom is 0.0689 e. The number of epoxide rings is 1. The average Bonchev–Trinajstić information content (AvgIpc) is 1.75. The molecule has 1 fully saturated rings. The van der Waals surface area contributed by atoms with Crippen LogP contribution < -0.4 is 0 Å². The number of hydrogen-bond donors (Lipinski definition) is 0. The maximum absolute atomic E-state index is 4.77. The fourth-order valence-corrected chi connectivity index (χ4v) is 0.289. The highest BCUT2D eigenvalue weighted by molar-refractivity contribution is 6.12. The Morgan fingerprint density at radius 1 is 2.00 bits per heavy atom. The number of rotatable bonds is 0. The van der Waals surface area contributed by atoms with Crippen molar-refractivity contribution in [2.45, 2.75) is 5.73 Å². The minimum absolute atomic E-state index is 0.722. The normalized spacial score (nSPS) is 40.5. The van der Waals surface area contributed by atoms with E-state index in [0.29, 0.717) is 0 Å². The van der Waals surface area contributed by atoms with E-state index in [9.17, 15) is 0 Å².